The summed E-state index contributed by atoms with van der Waals surface area (Å²) in [6, 6.07) is 7.36. The van der Waals surface area contributed by atoms with Gasteiger partial charge in [0.15, 0.2) is 0 Å². The maximum atomic E-state index is 12.7. The van der Waals surface area contributed by atoms with E-state index in [1.807, 2.05) is 12.1 Å². The number of carbonyl (C=O) groups excluding carboxylic acids is 1. The molecule has 1 fully saturated rings. The lowest BCUT2D eigenvalue weighted by molar-refractivity contribution is -0.142. The van der Waals surface area contributed by atoms with Gasteiger partial charge in [-0.1, -0.05) is 51.0 Å². The predicted octanol–water partition coefficient (Wildman–Crippen LogP) is 3.21. The van der Waals surface area contributed by atoms with Gasteiger partial charge in [-0.2, -0.15) is 0 Å². The number of hydrogen-bond acceptors (Lipinski definition) is 2. The number of carboxylic acid groups (broad SMARTS) is 1. The first-order valence-corrected chi connectivity index (χ1v) is 8.01. The minimum absolute atomic E-state index is 0.155. The van der Waals surface area contributed by atoms with Crippen LogP contribution in [0.4, 0.5) is 0 Å². The van der Waals surface area contributed by atoms with E-state index in [2.05, 4.69) is 31.3 Å². The molecule has 1 aliphatic carbocycles. The van der Waals surface area contributed by atoms with Gasteiger partial charge in [-0.3, -0.25) is 9.59 Å². The quantitative estimate of drug-likeness (QED) is 0.877. The van der Waals surface area contributed by atoms with Crippen molar-refractivity contribution < 1.29 is 14.7 Å². The molecule has 1 saturated carbocycles. The Morgan fingerprint density at radius 2 is 1.64 bits per heavy atom. The van der Waals surface area contributed by atoms with Crippen LogP contribution in [0.25, 0.3) is 0 Å². The normalized spacial score (nSPS) is 18.2. The molecule has 22 heavy (non-hydrogen) atoms. The topological polar surface area (TPSA) is 66.4 Å². The van der Waals surface area contributed by atoms with E-state index in [-0.39, 0.29) is 5.91 Å². The molecule has 0 aromatic heterocycles. The second-order valence-electron chi connectivity index (χ2n) is 6.60. The van der Waals surface area contributed by atoms with Gasteiger partial charge in [0, 0.05) is 0 Å². The van der Waals surface area contributed by atoms with Gasteiger partial charge in [0.2, 0.25) is 5.91 Å². The van der Waals surface area contributed by atoms with Gasteiger partial charge in [-0.15, -0.1) is 0 Å². The van der Waals surface area contributed by atoms with Gasteiger partial charge in [-0.25, -0.2) is 0 Å². The zero-order chi connectivity index (χ0) is 16.3. The van der Waals surface area contributed by atoms with Crippen LogP contribution in [0.1, 0.15) is 63.5 Å². The van der Waals surface area contributed by atoms with Crippen LogP contribution < -0.4 is 5.32 Å². The van der Waals surface area contributed by atoms with Crippen molar-refractivity contribution in [3.8, 4) is 0 Å². The van der Waals surface area contributed by atoms with E-state index in [0.29, 0.717) is 5.92 Å². The second-order valence-corrected chi connectivity index (χ2v) is 6.60. The zero-order valence-electron chi connectivity index (χ0n) is 13.6. The molecule has 0 bridgehead atoms. The minimum atomic E-state index is -1.00. The average Bonchev–Trinajstić information content (AvgIpc) is 2.98. The third-order valence-electron chi connectivity index (χ3n) is 4.74. The van der Waals surface area contributed by atoms with E-state index < -0.39 is 17.4 Å². The van der Waals surface area contributed by atoms with Crippen LogP contribution in [0.15, 0.2) is 24.3 Å². The number of aliphatic carboxylic acids is 1. The number of nitrogens with one attached hydrogen (secondary N) is 1. The molecular weight excluding hydrogens is 278 g/mol. The maximum Gasteiger partial charge on any atom is 0.325 e. The van der Waals surface area contributed by atoms with Gasteiger partial charge in [-0.05, 0) is 36.8 Å². The molecule has 1 aliphatic rings. The van der Waals surface area contributed by atoms with Gasteiger partial charge in [0.25, 0.3) is 0 Å². The van der Waals surface area contributed by atoms with Crippen LogP contribution in [0.2, 0.25) is 0 Å². The van der Waals surface area contributed by atoms with Gasteiger partial charge in [0.05, 0.1) is 5.41 Å². The van der Waals surface area contributed by atoms with Crippen molar-refractivity contribution in [2.24, 2.45) is 0 Å². The van der Waals surface area contributed by atoms with Crippen LogP contribution in [-0.4, -0.2) is 23.0 Å². The standard InChI is InChI=1S/C18H25NO3/c1-12(2)14-6-8-15(9-7-14)18(10-4-5-11-18)17(22)19-13(3)16(20)21/h6-9,12-13H,4-5,10-11H2,1-3H3,(H,19,22)(H,20,21)/t13-/m1/s1. The smallest absolute Gasteiger partial charge is 0.325 e. The Labute approximate surface area is 131 Å². The second kappa shape index (κ2) is 6.51. The molecule has 2 rings (SSSR count). The number of benzene rings is 1. The van der Waals surface area contributed by atoms with E-state index >= 15 is 0 Å². The fourth-order valence-corrected chi connectivity index (χ4v) is 3.21. The molecule has 0 unspecified atom stereocenters. The Hall–Kier alpha value is -1.84. The molecule has 0 saturated heterocycles. The largest absolute Gasteiger partial charge is 0.480 e. The summed E-state index contributed by atoms with van der Waals surface area (Å²) >= 11 is 0. The molecule has 1 amide bonds. The predicted molar refractivity (Wildman–Crippen MR) is 85.9 cm³/mol. The molecule has 4 heteroatoms. The molecule has 1 aromatic carbocycles. The Morgan fingerprint density at radius 3 is 2.09 bits per heavy atom. The highest BCUT2D eigenvalue weighted by atomic mass is 16.4. The first-order valence-electron chi connectivity index (χ1n) is 8.01. The minimum Gasteiger partial charge on any atom is -0.480 e. The molecule has 0 aliphatic heterocycles. The fraction of sp³-hybridized carbons (Fsp3) is 0.556. The van der Waals surface area contributed by atoms with Crippen molar-refractivity contribution in [3.63, 3.8) is 0 Å². The fourth-order valence-electron chi connectivity index (χ4n) is 3.21. The van der Waals surface area contributed by atoms with Crippen molar-refractivity contribution in [2.45, 2.75) is 63.8 Å². The van der Waals surface area contributed by atoms with Crippen molar-refractivity contribution in [3.05, 3.63) is 35.4 Å². The van der Waals surface area contributed by atoms with E-state index in [9.17, 15) is 9.59 Å². The van der Waals surface area contributed by atoms with E-state index in [1.165, 1.54) is 12.5 Å². The molecule has 120 valence electrons. The Bertz CT molecular complexity index is 542. The summed E-state index contributed by atoms with van der Waals surface area (Å²) in [5.41, 5.74) is 1.68. The lowest BCUT2D eigenvalue weighted by Crippen LogP contribution is -2.48. The van der Waals surface area contributed by atoms with Gasteiger partial charge in [0.1, 0.15) is 6.04 Å². The number of rotatable bonds is 5. The maximum absolute atomic E-state index is 12.7. The molecule has 0 heterocycles. The summed E-state index contributed by atoms with van der Waals surface area (Å²) in [6.07, 6.45) is 3.57. The van der Waals surface area contributed by atoms with Crippen LogP contribution in [0, 0.1) is 0 Å². The summed E-state index contributed by atoms with van der Waals surface area (Å²) in [5, 5.41) is 11.7. The van der Waals surface area contributed by atoms with Crippen molar-refractivity contribution in [1.29, 1.82) is 0 Å². The van der Waals surface area contributed by atoms with Gasteiger partial charge >= 0.3 is 5.97 Å². The number of hydrogen-bond donors (Lipinski definition) is 2. The summed E-state index contributed by atoms with van der Waals surface area (Å²) in [4.78, 5) is 23.7. The highest BCUT2D eigenvalue weighted by molar-refractivity contribution is 5.91. The third kappa shape index (κ3) is 3.16. The first-order chi connectivity index (χ1) is 10.4. The van der Waals surface area contributed by atoms with Gasteiger partial charge < -0.3 is 10.4 Å². The van der Waals surface area contributed by atoms with Crippen LogP contribution in [0.3, 0.4) is 0 Å². The lowest BCUT2D eigenvalue weighted by atomic mass is 9.77. The summed E-state index contributed by atoms with van der Waals surface area (Å²) in [5.74, 6) is -0.705. The third-order valence-corrected chi connectivity index (χ3v) is 4.74. The van der Waals surface area contributed by atoms with Crippen LogP contribution >= 0.6 is 0 Å². The number of carboxylic acids is 1. The molecule has 0 radical (unpaired) electrons. The average molecular weight is 303 g/mol. The van der Waals surface area contributed by atoms with Crippen LogP contribution in [0.5, 0.6) is 0 Å². The highest BCUT2D eigenvalue weighted by Gasteiger charge is 2.43. The van der Waals surface area contributed by atoms with E-state index in [4.69, 9.17) is 5.11 Å². The molecule has 2 N–H and O–H groups in total. The Kier molecular flexibility index (Phi) is 4.89. The monoisotopic (exact) mass is 303 g/mol. The van der Waals surface area contributed by atoms with Crippen molar-refractivity contribution >= 4 is 11.9 Å². The summed E-state index contributed by atoms with van der Waals surface area (Å²) in [6.45, 7) is 5.79. The van der Waals surface area contributed by atoms with E-state index in [1.54, 1.807) is 0 Å². The van der Waals surface area contributed by atoms with Crippen molar-refractivity contribution in [2.75, 3.05) is 0 Å². The number of carbonyl (C=O) groups is 2. The summed E-state index contributed by atoms with van der Waals surface area (Å²) in [7, 11) is 0. The van der Waals surface area contributed by atoms with E-state index in [0.717, 1.165) is 31.2 Å². The zero-order valence-corrected chi connectivity index (χ0v) is 13.6. The Morgan fingerprint density at radius 1 is 1.09 bits per heavy atom. The molecule has 1 atom stereocenters. The van der Waals surface area contributed by atoms with Crippen LogP contribution in [-0.2, 0) is 15.0 Å². The Balaban J connectivity index is 2.28. The molecular formula is C18H25NO3. The van der Waals surface area contributed by atoms with Crippen molar-refractivity contribution in [1.82, 2.24) is 5.32 Å². The SMILES string of the molecule is CC(C)c1ccc(C2(C(=O)N[C@H](C)C(=O)O)CCCC2)cc1. The molecule has 0 spiro atoms. The number of amides is 1. The first kappa shape index (κ1) is 16.5. The molecule has 4 nitrogen and oxygen atoms in total. The highest BCUT2D eigenvalue weighted by Crippen LogP contribution is 2.41. The lowest BCUT2D eigenvalue weighted by Gasteiger charge is -2.29. The molecule has 1 aromatic rings. The summed E-state index contributed by atoms with van der Waals surface area (Å²) < 4.78 is 0.